The van der Waals surface area contributed by atoms with Crippen LogP contribution in [0.25, 0.3) is 0 Å². The van der Waals surface area contributed by atoms with Crippen LogP contribution in [-0.4, -0.2) is 26.3 Å². The normalized spacial score (nSPS) is 10.5. The maximum Gasteiger partial charge on any atom is 0.122 e. The molecule has 2 rings (SSSR count). The molecule has 2 aromatic rings. The van der Waals surface area contributed by atoms with Gasteiger partial charge in [-0.05, 0) is 49.4 Å². The molecule has 0 aliphatic carbocycles. The number of ether oxygens (including phenoxy) is 1. The van der Waals surface area contributed by atoms with Gasteiger partial charge in [-0.2, -0.15) is 0 Å². The first-order chi connectivity index (χ1) is 10.6. The largest absolute Gasteiger partial charge is 0.508 e. The molecule has 0 bridgehead atoms. The molecule has 0 aliphatic heterocycles. The summed E-state index contributed by atoms with van der Waals surface area (Å²) >= 11 is 0. The van der Waals surface area contributed by atoms with E-state index in [1.54, 1.807) is 13.2 Å². The van der Waals surface area contributed by atoms with Gasteiger partial charge in [0.1, 0.15) is 11.5 Å². The Bertz CT molecular complexity index is 608. The fourth-order valence-electron chi connectivity index (χ4n) is 2.76. The van der Waals surface area contributed by atoms with Crippen LogP contribution in [-0.2, 0) is 12.8 Å². The Morgan fingerprint density at radius 1 is 0.955 bits per heavy atom. The molecule has 0 spiro atoms. The SMILES string of the molecule is COc1ccccc1CCCCc1c(O)cccc1N(C)C. The number of aromatic hydroxyl groups is 1. The van der Waals surface area contributed by atoms with Crippen LogP contribution in [0.1, 0.15) is 24.0 Å². The summed E-state index contributed by atoms with van der Waals surface area (Å²) in [6, 6.07) is 13.9. The number of rotatable bonds is 7. The first-order valence-electron chi connectivity index (χ1n) is 7.73. The monoisotopic (exact) mass is 299 g/mol. The highest BCUT2D eigenvalue weighted by atomic mass is 16.5. The molecule has 0 atom stereocenters. The topological polar surface area (TPSA) is 32.7 Å². The number of unbranched alkanes of at least 4 members (excludes halogenated alkanes) is 1. The lowest BCUT2D eigenvalue weighted by Gasteiger charge is -2.18. The molecule has 0 saturated heterocycles. The van der Waals surface area contributed by atoms with E-state index >= 15 is 0 Å². The summed E-state index contributed by atoms with van der Waals surface area (Å²) in [6.07, 6.45) is 3.99. The summed E-state index contributed by atoms with van der Waals surface area (Å²) in [6.45, 7) is 0. The average molecular weight is 299 g/mol. The first kappa shape index (κ1) is 16.2. The van der Waals surface area contributed by atoms with Gasteiger partial charge in [-0.15, -0.1) is 0 Å². The number of benzene rings is 2. The summed E-state index contributed by atoms with van der Waals surface area (Å²) in [5, 5.41) is 10.1. The summed E-state index contributed by atoms with van der Waals surface area (Å²) in [5.41, 5.74) is 3.37. The Labute approximate surface area is 133 Å². The van der Waals surface area contributed by atoms with Crippen molar-refractivity contribution in [2.24, 2.45) is 0 Å². The number of hydrogen-bond acceptors (Lipinski definition) is 3. The number of para-hydroxylation sites is 1. The molecule has 0 saturated carbocycles. The van der Waals surface area contributed by atoms with Gasteiger partial charge in [0.05, 0.1) is 7.11 Å². The van der Waals surface area contributed by atoms with Gasteiger partial charge < -0.3 is 14.7 Å². The van der Waals surface area contributed by atoms with Crippen molar-refractivity contribution in [3.63, 3.8) is 0 Å². The van der Waals surface area contributed by atoms with Crippen LogP contribution >= 0.6 is 0 Å². The highest BCUT2D eigenvalue weighted by molar-refractivity contribution is 5.58. The number of phenols is 1. The molecule has 0 radical (unpaired) electrons. The van der Waals surface area contributed by atoms with Crippen LogP contribution in [0.4, 0.5) is 5.69 Å². The molecule has 3 heteroatoms. The van der Waals surface area contributed by atoms with E-state index in [0.717, 1.165) is 42.7 Å². The number of anilines is 1. The third-order valence-electron chi connectivity index (χ3n) is 3.92. The molecule has 0 aliphatic rings. The van der Waals surface area contributed by atoms with E-state index in [-0.39, 0.29) is 0 Å². The minimum absolute atomic E-state index is 0.392. The molecule has 0 heterocycles. The van der Waals surface area contributed by atoms with Crippen LogP contribution in [0, 0.1) is 0 Å². The number of hydrogen-bond donors (Lipinski definition) is 1. The van der Waals surface area contributed by atoms with Gasteiger partial charge in [0.25, 0.3) is 0 Å². The fraction of sp³-hybridized carbons (Fsp3) is 0.368. The second-order valence-electron chi connectivity index (χ2n) is 5.69. The molecule has 1 N–H and O–H groups in total. The van der Waals surface area contributed by atoms with Gasteiger partial charge in [-0.1, -0.05) is 24.3 Å². The molecule has 118 valence electrons. The molecule has 0 fully saturated rings. The molecular weight excluding hydrogens is 274 g/mol. The molecule has 3 nitrogen and oxygen atoms in total. The van der Waals surface area contributed by atoms with Crippen molar-refractivity contribution < 1.29 is 9.84 Å². The highest BCUT2D eigenvalue weighted by Crippen LogP contribution is 2.29. The molecule has 2 aromatic carbocycles. The van der Waals surface area contributed by atoms with Crippen molar-refractivity contribution in [3.8, 4) is 11.5 Å². The minimum Gasteiger partial charge on any atom is -0.508 e. The van der Waals surface area contributed by atoms with Crippen molar-refractivity contribution in [2.75, 3.05) is 26.1 Å². The maximum absolute atomic E-state index is 10.1. The van der Waals surface area contributed by atoms with Gasteiger partial charge in [0, 0.05) is 25.3 Å². The van der Waals surface area contributed by atoms with E-state index < -0.39 is 0 Å². The minimum atomic E-state index is 0.392. The zero-order valence-electron chi connectivity index (χ0n) is 13.7. The summed E-state index contributed by atoms with van der Waals surface area (Å²) < 4.78 is 5.38. The van der Waals surface area contributed by atoms with Crippen molar-refractivity contribution in [2.45, 2.75) is 25.7 Å². The van der Waals surface area contributed by atoms with Crippen molar-refractivity contribution in [1.29, 1.82) is 0 Å². The molecule has 22 heavy (non-hydrogen) atoms. The van der Waals surface area contributed by atoms with E-state index in [2.05, 4.69) is 17.0 Å². The van der Waals surface area contributed by atoms with Gasteiger partial charge in [-0.3, -0.25) is 0 Å². The predicted octanol–water partition coefficient (Wildman–Crippen LogP) is 4.03. The quantitative estimate of drug-likeness (QED) is 0.783. The van der Waals surface area contributed by atoms with Crippen LogP contribution in [0.5, 0.6) is 11.5 Å². The van der Waals surface area contributed by atoms with E-state index in [9.17, 15) is 5.11 Å². The Hall–Kier alpha value is -2.16. The zero-order valence-corrected chi connectivity index (χ0v) is 13.7. The van der Waals surface area contributed by atoms with E-state index in [0.29, 0.717) is 5.75 Å². The molecule has 0 amide bonds. The van der Waals surface area contributed by atoms with Crippen LogP contribution < -0.4 is 9.64 Å². The molecular formula is C19H25NO2. The van der Waals surface area contributed by atoms with Gasteiger partial charge in [0.2, 0.25) is 0 Å². The number of methoxy groups -OCH3 is 1. The molecule has 0 aromatic heterocycles. The average Bonchev–Trinajstić information content (AvgIpc) is 2.52. The van der Waals surface area contributed by atoms with E-state index in [1.807, 2.05) is 38.4 Å². The Morgan fingerprint density at radius 2 is 1.68 bits per heavy atom. The van der Waals surface area contributed by atoms with Crippen molar-refractivity contribution in [1.82, 2.24) is 0 Å². The smallest absolute Gasteiger partial charge is 0.122 e. The summed E-state index contributed by atoms with van der Waals surface area (Å²) in [4.78, 5) is 2.05. The Balaban J connectivity index is 1.95. The van der Waals surface area contributed by atoms with E-state index in [4.69, 9.17) is 4.74 Å². The number of nitrogens with zero attached hydrogens (tertiary/aromatic N) is 1. The molecule has 0 unspecified atom stereocenters. The summed E-state index contributed by atoms with van der Waals surface area (Å²) in [7, 11) is 5.73. The number of phenolic OH excluding ortho intramolecular Hbond substituents is 1. The summed E-state index contributed by atoms with van der Waals surface area (Å²) in [5.74, 6) is 1.35. The number of aryl methyl sites for hydroxylation is 1. The standard InChI is InChI=1S/C19H25NO2/c1-20(2)17-12-8-13-18(21)16(17)11-6-4-9-15-10-5-7-14-19(15)22-3/h5,7-8,10,12-14,21H,4,6,9,11H2,1-3H3. The third kappa shape index (κ3) is 3.94. The fourth-order valence-corrected chi connectivity index (χ4v) is 2.76. The Morgan fingerprint density at radius 3 is 2.41 bits per heavy atom. The lowest BCUT2D eigenvalue weighted by atomic mass is 10.0. The van der Waals surface area contributed by atoms with Gasteiger partial charge in [-0.25, -0.2) is 0 Å². The second-order valence-corrected chi connectivity index (χ2v) is 5.69. The highest BCUT2D eigenvalue weighted by Gasteiger charge is 2.09. The maximum atomic E-state index is 10.1. The lowest BCUT2D eigenvalue weighted by molar-refractivity contribution is 0.409. The van der Waals surface area contributed by atoms with Crippen LogP contribution in [0.2, 0.25) is 0 Å². The van der Waals surface area contributed by atoms with Crippen molar-refractivity contribution in [3.05, 3.63) is 53.6 Å². The van der Waals surface area contributed by atoms with Crippen LogP contribution in [0.3, 0.4) is 0 Å². The predicted molar refractivity (Wildman–Crippen MR) is 92.1 cm³/mol. The first-order valence-corrected chi connectivity index (χ1v) is 7.73. The van der Waals surface area contributed by atoms with Crippen LogP contribution in [0.15, 0.2) is 42.5 Å². The Kier molecular flexibility index (Phi) is 5.70. The van der Waals surface area contributed by atoms with Gasteiger partial charge >= 0.3 is 0 Å². The zero-order chi connectivity index (χ0) is 15.9. The second kappa shape index (κ2) is 7.74. The van der Waals surface area contributed by atoms with Crippen molar-refractivity contribution >= 4 is 5.69 Å². The van der Waals surface area contributed by atoms with Gasteiger partial charge in [0.15, 0.2) is 0 Å². The lowest BCUT2D eigenvalue weighted by Crippen LogP contribution is -2.11. The third-order valence-corrected chi connectivity index (χ3v) is 3.92. The van der Waals surface area contributed by atoms with E-state index in [1.165, 1.54) is 5.56 Å².